The number of benzene rings is 4. The van der Waals surface area contributed by atoms with Gasteiger partial charge in [-0.15, -0.1) is 0 Å². The van der Waals surface area contributed by atoms with Gasteiger partial charge in [0, 0.05) is 22.8 Å². The second-order valence-corrected chi connectivity index (χ2v) is 8.43. The van der Waals surface area contributed by atoms with Gasteiger partial charge in [0.1, 0.15) is 0 Å². The third-order valence-electron chi connectivity index (χ3n) is 6.06. The summed E-state index contributed by atoms with van der Waals surface area (Å²) in [5.41, 5.74) is 5.87. The van der Waals surface area contributed by atoms with Gasteiger partial charge in [0.15, 0.2) is 0 Å². The maximum Gasteiger partial charge on any atom is 0.303 e. The Morgan fingerprint density at radius 2 is 1.77 bits per heavy atom. The topological polar surface area (TPSA) is 40.5 Å². The molecule has 5 rings (SSSR count). The number of anilines is 2. The van der Waals surface area contributed by atoms with Gasteiger partial charge < -0.3 is 10.0 Å². The van der Waals surface area contributed by atoms with Gasteiger partial charge in [-0.2, -0.15) is 0 Å². The largest absolute Gasteiger partial charge is 0.481 e. The van der Waals surface area contributed by atoms with Crippen LogP contribution >= 0.6 is 11.6 Å². The second-order valence-electron chi connectivity index (χ2n) is 7.99. The zero-order chi connectivity index (χ0) is 21.4. The molecule has 0 saturated heterocycles. The van der Waals surface area contributed by atoms with E-state index in [1.807, 2.05) is 24.3 Å². The van der Waals surface area contributed by atoms with E-state index in [1.54, 1.807) is 0 Å². The molecule has 0 aromatic heterocycles. The molecule has 1 aliphatic heterocycles. The molecule has 4 aromatic carbocycles. The Kier molecular flexibility index (Phi) is 5.13. The highest BCUT2D eigenvalue weighted by Crippen LogP contribution is 2.48. The van der Waals surface area contributed by atoms with Gasteiger partial charge in [-0.1, -0.05) is 66.2 Å². The summed E-state index contributed by atoms with van der Waals surface area (Å²) in [6.07, 6.45) is 1.55. The van der Waals surface area contributed by atoms with E-state index in [1.165, 1.54) is 27.6 Å². The van der Waals surface area contributed by atoms with Gasteiger partial charge in [0.05, 0.1) is 6.04 Å². The maximum atomic E-state index is 11.0. The van der Waals surface area contributed by atoms with Crippen LogP contribution in [0.5, 0.6) is 0 Å². The van der Waals surface area contributed by atoms with Crippen LogP contribution in [-0.4, -0.2) is 11.1 Å². The fourth-order valence-electron chi connectivity index (χ4n) is 4.60. The van der Waals surface area contributed by atoms with Crippen molar-refractivity contribution in [3.05, 3.63) is 107 Å². The third-order valence-corrected chi connectivity index (χ3v) is 6.31. The predicted octanol–water partition coefficient (Wildman–Crippen LogP) is 6.95. The zero-order valence-electron chi connectivity index (χ0n) is 17.0. The van der Waals surface area contributed by atoms with Crippen LogP contribution in [0, 0.1) is 0 Å². The van der Waals surface area contributed by atoms with E-state index in [0.717, 1.165) is 22.7 Å². The van der Waals surface area contributed by atoms with Crippen LogP contribution in [0.25, 0.3) is 10.8 Å². The zero-order valence-corrected chi connectivity index (χ0v) is 17.7. The molecule has 0 radical (unpaired) electrons. The van der Waals surface area contributed by atoms with Crippen LogP contribution in [0.3, 0.4) is 0 Å². The summed E-state index contributed by atoms with van der Waals surface area (Å²) in [5.74, 6) is -0.776. The molecular formula is C27H22ClNO2. The smallest absolute Gasteiger partial charge is 0.303 e. The first-order chi connectivity index (χ1) is 15.1. The molecule has 1 unspecified atom stereocenters. The summed E-state index contributed by atoms with van der Waals surface area (Å²) in [4.78, 5) is 13.4. The van der Waals surface area contributed by atoms with Gasteiger partial charge in [0.25, 0.3) is 0 Å². The number of aryl methyl sites for hydroxylation is 1. The van der Waals surface area contributed by atoms with Gasteiger partial charge >= 0.3 is 5.97 Å². The Morgan fingerprint density at radius 1 is 0.968 bits per heavy atom. The van der Waals surface area contributed by atoms with Crippen LogP contribution in [-0.2, 0) is 17.6 Å². The van der Waals surface area contributed by atoms with Gasteiger partial charge in [-0.05, 0) is 70.6 Å². The van der Waals surface area contributed by atoms with E-state index in [9.17, 15) is 4.79 Å². The lowest BCUT2D eigenvalue weighted by molar-refractivity contribution is -0.136. The number of hydrogen-bond acceptors (Lipinski definition) is 2. The van der Waals surface area contributed by atoms with Crippen molar-refractivity contribution in [3.8, 4) is 0 Å². The van der Waals surface area contributed by atoms with Crippen molar-refractivity contribution in [3.63, 3.8) is 0 Å². The average Bonchev–Trinajstić information content (AvgIpc) is 3.18. The van der Waals surface area contributed by atoms with Crippen molar-refractivity contribution in [2.24, 2.45) is 0 Å². The van der Waals surface area contributed by atoms with Crippen LogP contribution in [0.1, 0.15) is 29.2 Å². The lowest BCUT2D eigenvalue weighted by atomic mass is 9.98. The van der Waals surface area contributed by atoms with E-state index < -0.39 is 5.97 Å². The van der Waals surface area contributed by atoms with Crippen molar-refractivity contribution in [1.82, 2.24) is 0 Å². The number of halogens is 1. The molecule has 1 heterocycles. The standard InChI is InChI=1S/C27H22ClNO2/c28-21-12-9-20(10-13-21)26-17-24-23-7-2-1-5-19(23)11-14-25(24)29(26)22-6-3-4-18(16-22)8-15-27(30)31/h1-7,9-14,16,26H,8,15,17H2,(H,30,31). The minimum absolute atomic E-state index is 0.130. The Bertz CT molecular complexity index is 1270. The highest BCUT2D eigenvalue weighted by Gasteiger charge is 2.32. The molecule has 4 aromatic rings. The molecule has 1 aliphatic rings. The van der Waals surface area contributed by atoms with Crippen LogP contribution in [0.4, 0.5) is 11.4 Å². The molecule has 1 atom stereocenters. The predicted molar refractivity (Wildman–Crippen MR) is 126 cm³/mol. The number of hydrogen-bond donors (Lipinski definition) is 1. The number of carboxylic acid groups (broad SMARTS) is 1. The number of carbonyl (C=O) groups is 1. The summed E-state index contributed by atoms with van der Waals surface area (Å²) < 4.78 is 0. The summed E-state index contributed by atoms with van der Waals surface area (Å²) in [5, 5.41) is 12.3. The molecular weight excluding hydrogens is 406 g/mol. The van der Waals surface area contributed by atoms with E-state index in [-0.39, 0.29) is 12.5 Å². The molecule has 3 nitrogen and oxygen atoms in total. The number of carboxylic acids is 1. The van der Waals surface area contributed by atoms with E-state index in [0.29, 0.717) is 6.42 Å². The normalized spacial score (nSPS) is 15.3. The van der Waals surface area contributed by atoms with E-state index in [4.69, 9.17) is 16.7 Å². The van der Waals surface area contributed by atoms with Crippen molar-refractivity contribution in [1.29, 1.82) is 0 Å². The molecule has 4 heteroatoms. The lowest BCUT2D eigenvalue weighted by Crippen LogP contribution is -2.19. The maximum absolute atomic E-state index is 11.0. The molecule has 0 aliphatic carbocycles. The molecule has 0 amide bonds. The molecule has 1 N–H and O–H groups in total. The van der Waals surface area contributed by atoms with Crippen molar-refractivity contribution in [2.45, 2.75) is 25.3 Å². The van der Waals surface area contributed by atoms with Crippen LogP contribution in [0.15, 0.2) is 84.9 Å². The Hall–Kier alpha value is -3.30. The Labute approximate surface area is 186 Å². The highest BCUT2D eigenvalue weighted by molar-refractivity contribution is 6.30. The number of aliphatic carboxylic acids is 1. The number of fused-ring (bicyclic) bond motifs is 3. The average molecular weight is 428 g/mol. The Morgan fingerprint density at radius 3 is 2.58 bits per heavy atom. The summed E-state index contributed by atoms with van der Waals surface area (Å²) in [6, 6.07) is 29.4. The highest BCUT2D eigenvalue weighted by atomic mass is 35.5. The third kappa shape index (κ3) is 3.77. The van der Waals surface area contributed by atoms with E-state index in [2.05, 4.69) is 65.6 Å². The first kappa shape index (κ1) is 19.7. The fourth-order valence-corrected chi connectivity index (χ4v) is 4.73. The quantitative estimate of drug-likeness (QED) is 0.374. The molecule has 0 bridgehead atoms. The van der Waals surface area contributed by atoms with Crippen molar-refractivity contribution in [2.75, 3.05) is 4.90 Å². The Balaban J connectivity index is 1.63. The number of nitrogens with zero attached hydrogens (tertiary/aromatic N) is 1. The van der Waals surface area contributed by atoms with Gasteiger partial charge in [-0.25, -0.2) is 0 Å². The van der Waals surface area contributed by atoms with Crippen molar-refractivity contribution >= 4 is 39.7 Å². The second kappa shape index (κ2) is 8.09. The van der Waals surface area contributed by atoms with Gasteiger partial charge in [0.2, 0.25) is 0 Å². The summed E-state index contributed by atoms with van der Waals surface area (Å²) in [7, 11) is 0. The summed E-state index contributed by atoms with van der Waals surface area (Å²) in [6.45, 7) is 0. The molecule has 31 heavy (non-hydrogen) atoms. The molecule has 0 saturated carbocycles. The SMILES string of the molecule is O=C(O)CCc1cccc(N2c3ccc4ccccc4c3CC2c2ccc(Cl)cc2)c1. The lowest BCUT2D eigenvalue weighted by Gasteiger charge is -2.28. The summed E-state index contributed by atoms with van der Waals surface area (Å²) >= 11 is 6.16. The number of rotatable bonds is 5. The van der Waals surface area contributed by atoms with Crippen LogP contribution < -0.4 is 4.90 Å². The van der Waals surface area contributed by atoms with E-state index >= 15 is 0 Å². The minimum Gasteiger partial charge on any atom is -0.481 e. The van der Waals surface area contributed by atoms with Crippen LogP contribution in [0.2, 0.25) is 5.02 Å². The monoisotopic (exact) mass is 427 g/mol. The first-order valence-corrected chi connectivity index (χ1v) is 10.8. The van der Waals surface area contributed by atoms with Crippen molar-refractivity contribution < 1.29 is 9.90 Å². The fraction of sp³-hybridized carbons (Fsp3) is 0.148. The molecule has 0 spiro atoms. The molecule has 154 valence electrons. The first-order valence-electron chi connectivity index (χ1n) is 10.5. The molecule has 0 fully saturated rings. The van der Waals surface area contributed by atoms with Gasteiger partial charge in [-0.3, -0.25) is 4.79 Å². The minimum atomic E-state index is -0.776.